The third-order valence-electron chi connectivity index (χ3n) is 3.47. The SMILES string of the molecule is CC1(c2cccs2)NC(=O)N(Cc2ccccc2)C1=O. The molecule has 3 amide bonds. The van der Waals surface area contributed by atoms with Crippen LogP contribution in [0, 0.1) is 0 Å². The molecule has 1 saturated heterocycles. The lowest BCUT2D eigenvalue weighted by Gasteiger charge is -2.20. The van der Waals surface area contributed by atoms with Crippen LogP contribution < -0.4 is 5.32 Å². The highest BCUT2D eigenvalue weighted by Crippen LogP contribution is 2.32. The molecule has 4 nitrogen and oxygen atoms in total. The van der Waals surface area contributed by atoms with Gasteiger partial charge in [0, 0.05) is 4.88 Å². The average Bonchev–Trinajstić information content (AvgIpc) is 3.05. The molecular weight excluding hydrogens is 272 g/mol. The first-order valence-electron chi connectivity index (χ1n) is 6.33. The summed E-state index contributed by atoms with van der Waals surface area (Å²) in [6.07, 6.45) is 0. The number of hydrogen-bond acceptors (Lipinski definition) is 3. The fraction of sp³-hybridized carbons (Fsp3) is 0.200. The summed E-state index contributed by atoms with van der Waals surface area (Å²) in [5.41, 5.74) is -0.00791. The molecule has 0 aliphatic carbocycles. The average molecular weight is 286 g/mol. The van der Waals surface area contributed by atoms with E-state index < -0.39 is 5.54 Å². The molecule has 1 unspecified atom stereocenters. The summed E-state index contributed by atoms with van der Waals surface area (Å²) in [5.74, 6) is -0.200. The lowest BCUT2D eigenvalue weighted by atomic mass is 10.0. The fourth-order valence-electron chi connectivity index (χ4n) is 2.34. The number of thiophene rings is 1. The van der Waals surface area contributed by atoms with Crippen molar-refractivity contribution < 1.29 is 9.59 Å². The third-order valence-corrected chi connectivity index (χ3v) is 4.56. The molecule has 1 atom stereocenters. The van der Waals surface area contributed by atoms with Gasteiger partial charge >= 0.3 is 6.03 Å². The van der Waals surface area contributed by atoms with Gasteiger partial charge in [-0.15, -0.1) is 11.3 Å². The van der Waals surface area contributed by atoms with Crippen molar-refractivity contribution >= 4 is 23.3 Å². The number of nitrogens with zero attached hydrogens (tertiary/aromatic N) is 1. The maximum Gasteiger partial charge on any atom is 0.325 e. The maximum absolute atomic E-state index is 12.6. The van der Waals surface area contributed by atoms with E-state index in [2.05, 4.69) is 5.32 Å². The van der Waals surface area contributed by atoms with E-state index in [1.165, 1.54) is 16.2 Å². The van der Waals surface area contributed by atoms with Crippen LogP contribution in [0.25, 0.3) is 0 Å². The summed E-state index contributed by atoms with van der Waals surface area (Å²) >= 11 is 1.47. The van der Waals surface area contributed by atoms with E-state index in [1.54, 1.807) is 6.92 Å². The van der Waals surface area contributed by atoms with Crippen molar-refractivity contribution in [1.29, 1.82) is 0 Å². The van der Waals surface area contributed by atoms with Gasteiger partial charge in [0.25, 0.3) is 5.91 Å². The first kappa shape index (κ1) is 12.9. The van der Waals surface area contributed by atoms with Gasteiger partial charge in [-0.2, -0.15) is 0 Å². The first-order chi connectivity index (χ1) is 9.61. The summed E-state index contributed by atoms with van der Waals surface area (Å²) in [4.78, 5) is 26.8. The fourth-order valence-corrected chi connectivity index (χ4v) is 3.17. The van der Waals surface area contributed by atoms with Crippen LogP contribution in [-0.2, 0) is 16.9 Å². The summed E-state index contributed by atoms with van der Waals surface area (Å²) in [6, 6.07) is 12.9. The highest BCUT2D eigenvalue weighted by atomic mass is 32.1. The number of carbonyl (C=O) groups excluding carboxylic acids is 2. The number of nitrogens with one attached hydrogen (secondary N) is 1. The molecule has 1 aliphatic heterocycles. The molecule has 102 valence electrons. The third kappa shape index (κ3) is 2.00. The highest BCUT2D eigenvalue weighted by molar-refractivity contribution is 7.10. The Morgan fingerprint density at radius 2 is 1.90 bits per heavy atom. The number of imide groups is 1. The second kappa shape index (κ2) is 4.76. The smallest absolute Gasteiger partial charge is 0.319 e. The van der Waals surface area contributed by atoms with E-state index in [-0.39, 0.29) is 11.9 Å². The molecule has 20 heavy (non-hydrogen) atoms. The maximum atomic E-state index is 12.6. The molecule has 1 N–H and O–H groups in total. The van der Waals surface area contributed by atoms with E-state index in [1.807, 2.05) is 47.8 Å². The van der Waals surface area contributed by atoms with E-state index >= 15 is 0 Å². The predicted octanol–water partition coefficient (Wildman–Crippen LogP) is 2.72. The molecule has 1 aromatic carbocycles. The van der Waals surface area contributed by atoms with Gasteiger partial charge in [-0.1, -0.05) is 36.4 Å². The number of rotatable bonds is 3. The molecule has 1 aliphatic rings. The summed E-state index contributed by atoms with van der Waals surface area (Å²) in [6.45, 7) is 2.05. The zero-order valence-electron chi connectivity index (χ0n) is 11.0. The van der Waals surface area contributed by atoms with Gasteiger partial charge < -0.3 is 5.32 Å². The molecule has 0 bridgehead atoms. The Morgan fingerprint density at radius 3 is 2.55 bits per heavy atom. The van der Waals surface area contributed by atoms with E-state index in [0.717, 1.165) is 10.4 Å². The normalized spacial score (nSPS) is 22.1. The minimum absolute atomic E-state index is 0.200. The predicted molar refractivity (Wildman–Crippen MR) is 77.2 cm³/mol. The van der Waals surface area contributed by atoms with Gasteiger partial charge in [0.1, 0.15) is 0 Å². The molecule has 1 aromatic heterocycles. The minimum Gasteiger partial charge on any atom is -0.319 e. The van der Waals surface area contributed by atoms with Crippen molar-refractivity contribution in [2.24, 2.45) is 0 Å². The lowest BCUT2D eigenvalue weighted by Crippen LogP contribution is -2.40. The van der Waals surface area contributed by atoms with Crippen LogP contribution >= 0.6 is 11.3 Å². The Labute approximate surface area is 121 Å². The summed E-state index contributed by atoms with van der Waals surface area (Å²) in [5, 5.41) is 4.70. The van der Waals surface area contributed by atoms with Gasteiger partial charge in [0.2, 0.25) is 0 Å². The zero-order chi connectivity index (χ0) is 14.2. The van der Waals surface area contributed by atoms with E-state index in [9.17, 15) is 9.59 Å². The molecule has 2 aromatic rings. The van der Waals surface area contributed by atoms with Gasteiger partial charge in [-0.05, 0) is 23.9 Å². The molecule has 0 spiro atoms. The molecule has 5 heteroatoms. The molecule has 2 heterocycles. The van der Waals surface area contributed by atoms with Gasteiger partial charge in [-0.25, -0.2) is 4.79 Å². The van der Waals surface area contributed by atoms with Crippen molar-refractivity contribution in [2.75, 3.05) is 0 Å². The largest absolute Gasteiger partial charge is 0.325 e. The number of urea groups is 1. The second-order valence-electron chi connectivity index (χ2n) is 4.91. The van der Waals surface area contributed by atoms with Gasteiger partial charge in [0.05, 0.1) is 6.54 Å². The standard InChI is InChI=1S/C15H14N2O2S/c1-15(12-8-5-9-20-12)13(18)17(14(19)16-15)10-11-6-3-2-4-7-11/h2-9H,10H2,1H3,(H,16,19). The van der Waals surface area contributed by atoms with Crippen molar-refractivity contribution in [3.63, 3.8) is 0 Å². The zero-order valence-corrected chi connectivity index (χ0v) is 11.8. The molecular formula is C15H14N2O2S. The molecule has 3 rings (SSSR count). The molecule has 0 saturated carbocycles. The Kier molecular flexibility index (Phi) is 3.06. The number of hydrogen-bond donors (Lipinski definition) is 1. The lowest BCUT2D eigenvalue weighted by molar-refractivity contribution is -0.131. The molecule has 0 radical (unpaired) electrons. The van der Waals surface area contributed by atoms with Gasteiger partial charge in [-0.3, -0.25) is 9.69 Å². The quantitative estimate of drug-likeness (QED) is 0.882. The van der Waals surface area contributed by atoms with Crippen LogP contribution in [0.15, 0.2) is 47.8 Å². The van der Waals surface area contributed by atoms with Crippen LogP contribution in [0.3, 0.4) is 0 Å². The summed E-state index contributed by atoms with van der Waals surface area (Å²) in [7, 11) is 0. The Hall–Kier alpha value is -2.14. The van der Waals surface area contributed by atoms with Crippen LogP contribution in [0.4, 0.5) is 4.79 Å². The monoisotopic (exact) mass is 286 g/mol. The van der Waals surface area contributed by atoms with Crippen LogP contribution in [0.1, 0.15) is 17.4 Å². The summed E-state index contributed by atoms with van der Waals surface area (Å²) < 4.78 is 0. The van der Waals surface area contributed by atoms with Crippen molar-refractivity contribution in [3.05, 3.63) is 58.3 Å². The van der Waals surface area contributed by atoms with Gasteiger partial charge in [0.15, 0.2) is 5.54 Å². The van der Waals surface area contributed by atoms with Crippen molar-refractivity contribution in [1.82, 2.24) is 10.2 Å². The molecule has 1 fully saturated rings. The van der Waals surface area contributed by atoms with Crippen molar-refractivity contribution in [3.8, 4) is 0 Å². The van der Waals surface area contributed by atoms with Crippen LogP contribution in [0.2, 0.25) is 0 Å². The Morgan fingerprint density at radius 1 is 1.15 bits per heavy atom. The van der Waals surface area contributed by atoms with Crippen LogP contribution in [0.5, 0.6) is 0 Å². The Balaban J connectivity index is 1.88. The number of benzene rings is 1. The topological polar surface area (TPSA) is 49.4 Å². The van der Waals surface area contributed by atoms with Crippen LogP contribution in [-0.4, -0.2) is 16.8 Å². The number of carbonyl (C=O) groups is 2. The highest BCUT2D eigenvalue weighted by Gasteiger charge is 2.49. The Bertz CT molecular complexity index is 639. The van der Waals surface area contributed by atoms with E-state index in [4.69, 9.17) is 0 Å². The van der Waals surface area contributed by atoms with Crippen molar-refractivity contribution in [2.45, 2.75) is 19.0 Å². The van der Waals surface area contributed by atoms with E-state index in [0.29, 0.717) is 6.54 Å². The number of amides is 3. The first-order valence-corrected chi connectivity index (χ1v) is 7.21. The minimum atomic E-state index is -0.944. The second-order valence-corrected chi connectivity index (χ2v) is 5.86.